The van der Waals surface area contributed by atoms with Crippen molar-refractivity contribution in [2.75, 3.05) is 32.8 Å². The monoisotopic (exact) mass is 397 g/mol. The molecule has 1 fully saturated rings. The van der Waals surface area contributed by atoms with Gasteiger partial charge in [-0.1, -0.05) is 17.3 Å². The lowest BCUT2D eigenvalue weighted by atomic mass is 10.0. The van der Waals surface area contributed by atoms with Crippen molar-refractivity contribution in [3.05, 3.63) is 59.4 Å². The molecule has 1 atom stereocenters. The van der Waals surface area contributed by atoms with Crippen LogP contribution in [-0.2, 0) is 11.3 Å². The highest BCUT2D eigenvalue weighted by molar-refractivity contribution is 5.97. The van der Waals surface area contributed by atoms with Gasteiger partial charge in [-0.3, -0.25) is 9.69 Å². The Hall–Kier alpha value is -2.84. The smallest absolute Gasteiger partial charge is 0.251 e. The molecule has 152 valence electrons. The number of carbonyl (C=O) groups is 1. The highest BCUT2D eigenvalue weighted by Crippen LogP contribution is 2.22. The quantitative estimate of drug-likeness (QED) is 0.692. The molecule has 8 heteroatoms. The molecule has 2 aromatic carbocycles. The predicted molar refractivity (Wildman–Crippen MR) is 107 cm³/mol. The summed E-state index contributed by atoms with van der Waals surface area (Å²) in [6.07, 6.45) is 0. The van der Waals surface area contributed by atoms with Crippen LogP contribution in [0.2, 0.25) is 0 Å². The summed E-state index contributed by atoms with van der Waals surface area (Å²) in [5.74, 6) is -0.440. The highest BCUT2D eigenvalue weighted by Gasteiger charge is 2.23. The Bertz CT molecular complexity index is 982. The lowest BCUT2D eigenvalue weighted by Crippen LogP contribution is -2.43. The second-order valence-corrected chi connectivity index (χ2v) is 7.03. The van der Waals surface area contributed by atoms with Gasteiger partial charge in [-0.05, 0) is 42.8 Å². The molecule has 1 aliphatic heterocycles. The molecule has 1 amide bonds. The number of aromatic nitrogens is 3. The average molecular weight is 397 g/mol. The van der Waals surface area contributed by atoms with Crippen LogP contribution in [0.4, 0.5) is 4.39 Å². The van der Waals surface area contributed by atoms with Gasteiger partial charge in [-0.15, -0.1) is 5.10 Å². The SMILES string of the molecule is CCn1nnc2cc(C(=O)NCC(c3ccc(F)cc3)N3CCOCC3)ccc21. The van der Waals surface area contributed by atoms with Crippen molar-refractivity contribution in [2.24, 2.45) is 0 Å². The fraction of sp³-hybridized carbons (Fsp3) is 0.381. The molecular formula is C21H24FN5O2. The molecule has 3 aromatic rings. The van der Waals surface area contributed by atoms with Crippen LogP contribution in [0.1, 0.15) is 28.9 Å². The van der Waals surface area contributed by atoms with E-state index in [1.54, 1.807) is 28.9 Å². The van der Waals surface area contributed by atoms with E-state index >= 15 is 0 Å². The molecule has 0 spiro atoms. The summed E-state index contributed by atoms with van der Waals surface area (Å²) >= 11 is 0. The van der Waals surface area contributed by atoms with Gasteiger partial charge < -0.3 is 10.1 Å². The number of benzene rings is 2. The van der Waals surface area contributed by atoms with Gasteiger partial charge in [0.25, 0.3) is 5.91 Å². The fourth-order valence-electron chi connectivity index (χ4n) is 3.67. The van der Waals surface area contributed by atoms with Crippen molar-refractivity contribution >= 4 is 16.9 Å². The standard InChI is InChI=1S/C21H24FN5O2/c1-2-27-19-8-5-16(13-18(19)24-25-27)21(28)23-14-20(26-9-11-29-12-10-26)15-3-6-17(22)7-4-15/h3-8,13,20H,2,9-12,14H2,1H3,(H,23,28). The normalized spacial score (nSPS) is 16.1. The Morgan fingerprint density at radius 1 is 1.21 bits per heavy atom. The van der Waals surface area contributed by atoms with Gasteiger partial charge in [0.05, 0.1) is 24.8 Å². The van der Waals surface area contributed by atoms with Gasteiger partial charge in [0, 0.05) is 31.7 Å². The zero-order valence-corrected chi connectivity index (χ0v) is 16.3. The lowest BCUT2D eigenvalue weighted by molar-refractivity contribution is 0.0162. The third-order valence-electron chi connectivity index (χ3n) is 5.27. The number of ether oxygens (including phenoxy) is 1. The van der Waals surface area contributed by atoms with Crippen molar-refractivity contribution in [1.82, 2.24) is 25.2 Å². The summed E-state index contributed by atoms with van der Waals surface area (Å²) in [5.41, 5.74) is 3.11. The van der Waals surface area contributed by atoms with Gasteiger partial charge in [0.15, 0.2) is 0 Å². The molecule has 7 nitrogen and oxygen atoms in total. The van der Waals surface area contributed by atoms with Crippen LogP contribution in [0.3, 0.4) is 0 Å². The first-order valence-electron chi connectivity index (χ1n) is 9.84. The molecule has 1 N–H and O–H groups in total. The number of aryl methyl sites for hydroxylation is 1. The molecule has 1 unspecified atom stereocenters. The van der Waals surface area contributed by atoms with Crippen molar-refractivity contribution in [2.45, 2.75) is 19.5 Å². The Kier molecular flexibility index (Phi) is 5.82. The van der Waals surface area contributed by atoms with Crippen molar-refractivity contribution in [3.8, 4) is 0 Å². The van der Waals surface area contributed by atoms with E-state index in [-0.39, 0.29) is 17.8 Å². The van der Waals surface area contributed by atoms with Crippen LogP contribution in [0.15, 0.2) is 42.5 Å². The van der Waals surface area contributed by atoms with E-state index in [1.807, 2.05) is 13.0 Å². The minimum Gasteiger partial charge on any atom is -0.379 e. The van der Waals surface area contributed by atoms with Gasteiger partial charge >= 0.3 is 0 Å². The summed E-state index contributed by atoms with van der Waals surface area (Å²) in [6.45, 7) is 5.97. The van der Waals surface area contributed by atoms with E-state index in [2.05, 4.69) is 20.5 Å². The number of fused-ring (bicyclic) bond motifs is 1. The average Bonchev–Trinajstić information content (AvgIpc) is 3.18. The maximum Gasteiger partial charge on any atom is 0.251 e. The van der Waals surface area contributed by atoms with Gasteiger partial charge in [-0.2, -0.15) is 0 Å². The Morgan fingerprint density at radius 2 is 1.97 bits per heavy atom. The molecule has 4 rings (SSSR count). The first-order chi connectivity index (χ1) is 14.2. The number of rotatable bonds is 6. The first-order valence-corrected chi connectivity index (χ1v) is 9.84. The number of nitrogens with one attached hydrogen (secondary N) is 1. The van der Waals surface area contributed by atoms with Crippen LogP contribution >= 0.6 is 0 Å². The van der Waals surface area contributed by atoms with Gasteiger partial charge in [0.2, 0.25) is 0 Å². The topological polar surface area (TPSA) is 72.3 Å². The number of nitrogens with zero attached hydrogens (tertiary/aromatic N) is 4. The number of hydrogen-bond donors (Lipinski definition) is 1. The Morgan fingerprint density at radius 3 is 2.69 bits per heavy atom. The van der Waals surface area contributed by atoms with Crippen LogP contribution < -0.4 is 5.32 Å². The molecule has 1 aliphatic rings. The largest absolute Gasteiger partial charge is 0.379 e. The minimum absolute atomic E-state index is 0.0480. The van der Waals surface area contributed by atoms with Crippen LogP contribution in [0.25, 0.3) is 11.0 Å². The molecular weight excluding hydrogens is 373 g/mol. The Labute approximate surface area is 168 Å². The van der Waals surface area contributed by atoms with Gasteiger partial charge in [0.1, 0.15) is 11.3 Å². The van der Waals surface area contributed by atoms with E-state index in [0.29, 0.717) is 30.8 Å². The number of morpholine rings is 1. The van der Waals surface area contributed by atoms with E-state index in [1.165, 1.54) is 12.1 Å². The van der Waals surface area contributed by atoms with Crippen molar-refractivity contribution < 1.29 is 13.9 Å². The Balaban J connectivity index is 1.50. The molecule has 0 radical (unpaired) electrons. The number of hydrogen-bond acceptors (Lipinski definition) is 5. The molecule has 2 heterocycles. The zero-order chi connectivity index (χ0) is 20.2. The highest BCUT2D eigenvalue weighted by atomic mass is 19.1. The van der Waals surface area contributed by atoms with Crippen LogP contribution in [0, 0.1) is 5.82 Å². The summed E-state index contributed by atoms with van der Waals surface area (Å²) in [4.78, 5) is 15.0. The minimum atomic E-state index is -0.271. The van der Waals surface area contributed by atoms with E-state index in [0.717, 1.165) is 30.7 Å². The van der Waals surface area contributed by atoms with Crippen molar-refractivity contribution in [1.29, 1.82) is 0 Å². The molecule has 0 saturated carbocycles. The third kappa shape index (κ3) is 4.28. The molecule has 29 heavy (non-hydrogen) atoms. The van der Waals surface area contributed by atoms with E-state index in [4.69, 9.17) is 4.74 Å². The summed E-state index contributed by atoms with van der Waals surface area (Å²) in [7, 11) is 0. The second kappa shape index (κ2) is 8.67. The first kappa shape index (κ1) is 19.5. The summed E-state index contributed by atoms with van der Waals surface area (Å²) in [6, 6.07) is 11.8. The van der Waals surface area contributed by atoms with E-state index in [9.17, 15) is 9.18 Å². The lowest BCUT2D eigenvalue weighted by Gasteiger charge is -2.35. The molecule has 1 saturated heterocycles. The number of halogens is 1. The molecule has 0 aliphatic carbocycles. The predicted octanol–water partition coefficient (Wildman–Crippen LogP) is 2.39. The maximum atomic E-state index is 13.4. The van der Waals surface area contributed by atoms with E-state index < -0.39 is 0 Å². The zero-order valence-electron chi connectivity index (χ0n) is 16.3. The van der Waals surface area contributed by atoms with Gasteiger partial charge in [-0.25, -0.2) is 9.07 Å². The summed E-state index contributed by atoms with van der Waals surface area (Å²) in [5, 5.41) is 11.2. The molecule has 1 aromatic heterocycles. The third-order valence-corrected chi connectivity index (χ3v) is 5.27. The second-order valence-electron chi connectivity index (χ2n) is 7.03. The van der Waals surface area contributed by atoms with Crippen molar-refractivity contribution in [3.63, 3.8) is 0 Å². The number of carbonyl (C=O) groups excluding carboxylic acids is 1. The fourth-order valence-corrected chi connectivity index (χ4v) is 3.67. The van der Waals surface area contributed by atoms with Crippen LogP contribution in [-0.4, -0.2) is 58.6 Å². The summed E-state index contributed by atoms with van der Waals surface area (Å²) < 4.78 is 20.6. The maximum absolute atomic E-state index is 13.4. The molecule has 0 bridgehead atoms. The number of amides is 1. The van der Waals surface area contributed by atoms with Crippen LogP contribution in [0.5, 0.6) is 0 Å².